The van der Waals surface area contributed by atoms with Gasteiger partial charge in [-0.3, -0.25) is 9.59 Å². The van der Waals surface area contributed by atoms with Gasteiger partial charge in [0.05, 0.1) is 19.1 Å². The predicted molar refractivity (Wildman–Crippen MR) is 90.7 cm³/mol. The molecule has 0 amide bonds. The van der Waals surface area contributed by atoms with Gasteiger partial charge in [0, 0.05) is 5.56 Å². The van der Waals surface area contributed by atoms with Crippen LogP contribution in [-0.4, -0.2) is 31.4 Å². The third-order valence-electron chi connectivity index (χ3n) is 4.61. The number of Topliss-reactive ketones (excluding diaryl/α,β-unsaturated/α-hetero) is 1. The van der Waals surface area contributed by atoms with Crippen molar-refractivity contribution in [3.05, 3.63) is 35.4 Å². The Morgan fingerprint density at radius 2 is 1.83 bits per heavy atom. The number of ether oxygens (including phenoxy) is 1. The van der Waals surface area contributed by atoms with E-state index in [1.165, 1.54) is 37.7 Å². The molecule has 1 aromatic carbocycles. The molecule has 4 nitrogen and oxygen atoms in total. The zero-order valence-electron chi connectivity index (χ0n) is 14.1. The fraction of sp³-hybridized carbons (Fsp3) is 0.579. The van der Waals surface area contributed by atoms with E-state index >= 15 is 0 Å². The van der Waals surface area contributed by atoms with Crippen molar-refractivity contribution in [3.63, 3.8) is 0 Å². The Bertz CT molecular complexity index is 518. The van der Waals surface area contributed by atoms with E-state index in [4.69, 9.17) is 4.74 Å². The minimum atomic E-state index is -0.533. The molecule has 1 saturated carbocycles. The summed E-state index contributed by atoms with van der Waals surface area (Å²) in [5, 5.41) is 2.92. The summed E-state index contributed by atoms with van der Waals surface area (Å²) in [6, 6.07) is 7.39. The third kappa shape index (κ3) is 4.90. The molecule has 0 radical (unpaired) electrons. The van der Waals surface area contributed by atoms with Crippen molar-refractivity contribution >= 4 is 11.8 Å². The highest BCUT2D eigenvalue weighted by Gasteiger charge is 2.23. The topological polar surface area (TPSA) is 55.4 Å². The summed E-state index contributed by atoms with van der Waals surface area (Å²) in [6.45, 7) is 2.09. The average Bonchev–Trinajstić information content (AvgIpc) is 2.60. The van der Waals surface area contributed by atoms with Crippen LogP contribution in [0.2, 0.25) is 0 Å². The fourth-order valence-corrected chi connectivity index (χ4v) is 3.27. The minimum Gasteiger partial charge on any atom is -0.466 e. The second-order valence-electron chi connectivity index (χ2n) is 6.17. The zero-order chi connectivity index (χ0) is 16.7. The van der Waals surface area contributed by atoms with Crippen LogP contribution in [0.25, 0.3) is 0 Å². The van der Waals surface area contributed by atoms with Crippen molar-refractivity contribution in [2.24, 2.45) is 0 Å². The lowest BCUT2D eigenvalue weighted by atomic mass is 9.83. The van der Waals surface area contributed by atoms with Gasteiger partial charge < -0.3 is 10.1 Å². The molecule has 1 aromatic rings. The van der Waals surface area contributed by atoms with Gasteiger partial charge >= 0.3 is 5.97 Å². The SMILES string of the molecule is CCOC(=O)CC(NC)C(=O)c1ccc(C2CCCCC2)cc1. The lowest BCUT2D eigenvalue weighted by Gasteiger charge is -2.22. The van der Waals surface area contributed by atoms with Crippen molar-refractivity contribution in [1.82, 2.24) is 5.32 Å². The number of likely N-dealkylation sites (N-methyl/N-ethyl adjacent to an activating group) is 1. The van der Waals surface area contributed by atoms with Crippen molar-refractivity contribution in [2.75, 3.05) is 13.7 Å². The smallest absolute Gasteiger partial charge is 0.307 e. The van der Waals surface area contributed by atoms with Crippen LogP contribution >= 0.6 is 0 Å². The van der Waals surface area contributed by atoms with Gasteiger partial charge in [0.15, 0.2) is 5.78 Å². The van der Waals surface area contributed by atoms with Crippen LogP contribution < -0.4 is 5.32 Å². The van der Waals surface area contributed by atoms with Gasteiger partial charge in [-0.15, -0.1) is 0 Å². The van der Waals surface area contributed by atoms with E-state index in [0.717, 1.165) is 0 Å². The van der Waals surface area contributed by atoms with E-state index in [9.17, 15) is 9.59 Å². The molecule has 0 aromatic heterocycles. The summed E-state index contributed by atoms with van der Waals surface area (Å²) in [7, 11) is 1.69. The monoisotopic (exact) mass is 317 g/mol. The van der Waals surface area contributed by atoms with E-state index in [0.29, 0.717) is 18.1 Å². The lowest BCUT2D eigenvalue weighted by molar-refractivity contribution is -0.143. The first kappa shape index (κ1) is 17.7. The Kier molecular flexibility index (Phi) is 6.78. The van der Waals surface area contributed by atoms with Gasteiger partial charge in [-0.05, 0) is 38.3 Å². The number of ketones is 1. The molecule has 1 fully saturated rings. The van der Waals surface area contributed by atoms with Crippen LogP contribution in [0.3, 0.4) is 0 Å². The normalized spacial score (nSPS) is 16.8. The molecule has 0 bridgehead atoms. The van der Waals surface area contributed by atoms with Gasteiger partial charge in [0.1, 0.15) is 0 Å². The Balaban J connectivity index is 2.01. The van der Waals surface area contributed by atoms with Crippen LogP contribution in [-0.2, 0) is 9.53 Å². The maximum absolute atomic E-state index is 12.5. The van der Waals surface area contributed by atoms with Gasteiger partial charge in [0.2, 0.25) is 0 Å². The van der Waals surface area contributed by atoms with E-state index in [2.05, 4.69) is 17.4 Å². The summed E-state index contributed by atoms with van der Waals surface area (Å²) < 4.78 is 4.93. The number of hydrogen-bond donors (Lipinski definition) is 1. The van der Waals surface area contributed by atoms with Crippen LogP contribution in [0.1, 0.15) is 67.3 Å². The number of rotatable bonds is 7. The van der Waals surface area contributed by atoms with Crippen LogP contribution in [0.4, 0.5) is 0 Å². The van der Waals surface area contributed by atoms with Gasteiger partial charge in [-0.25, -0.2) is 0 Å². The Morgan fingerprint density at radius 1 is 1.17 bits per heavy atom. The third-order valence-corrected chi connectivity index (χ3v) is 4.61. The number of nitrogens with one attached hydrogen (secondary N) is 1. The number of esters is 1. The molecule has 1 N–H and O–H groups in total. The average molecular weight is 317 g/mol. The molecule has 2 rings (SSSR count). The molecule has 4 heteroatoms. The number of carbonyl (C=O) groups is 2. The van der Waals surface area contributed by atoms with Crippen molar-refractivity contribution in [3.8, 4) is 0 Å². The molecule has 0 aliphatic heterocycles. The first-order chi connectivity index (χ1) is 11.2. The molecule has 1 atom stereocenters. The summed E-state index contributed by atoms with van der Waals surface area (Å²) in [4.78, 5) is 24.1. The molecule has 23 heavy (non-hydrogen) atoms. The summed E-state index contributed by atoms with van der Waals surface area (Å²) in [6.07, 6.45) is 6.49. The quantitative estimate of drug-likeness (QED) is 0.618. The minimum absolute atomic E-state index is 0.0595. The van der Waals surface area contributed by atoms with Crippen LogP contribution in [0.15, 0.2) is 24.3 Å². The number of hydrogen-bond acceptors (Lipinski definition) is 4. The summed E-state index contributed by atoms with van der Waals surface area (Å²) >= 11 is 0. The molecule has 126 valence electrons. The van der Waals surface area contributed by atoms with E-state index in [1.54, 1.807) is 14.0 Å². The molecule has 0 heterocycles. The molecule has 0 saturated heterocycles. The second-order valence-corrected chi connectivity index (χ2v) is 6.17. The van der Waals surface area contributed by atoms with Gasteiger partial charge in [0.25, 0.3) is 0 Å². The predicted octanol–water partition coefficient (Wildman–Crippen LogP) is 3.46. The highest BCUT2D eigenvalue weighted by Crippen LogP contribution is 2.32. The molecular formula is C19H27NO3. The van der Waals surface area contributed by atoms with Crippen molar-refractivity contribution < 1.29 is 14.3 Å². The van der Waals surface area contributed by atoms with Crippen molar-refractivity contribution in [2.45, 2.75) is 57.4 Å². The highest BCUT2D eigenvalue weighted by atomic mass is 16.5. The molecule has 0 spiro atoms. The molecule has 1 aliphatic carbocycles. The zero-order valence-corrected chi connectivity index (χ0v) is 14.1. The maximum atomic E-state index is 12.5. The van der Waals surface area contributed by atoms with Crippen LogP contribution in [0, 0.1) is 0 Å². The summed E-state index contributed by atoms with van der Waals surface area (Å²) in [5.41, 5.74) is 1.97. The number of benzene rings is 1. The van der Waals surface area contributed by atoms with Gasteiger partial charge in [-0.2, -0.15) is 0 Å². The van der Waals surface area contributed by atoms with E-state index in [-0.39, 0.29) is 18.2 Å². The Labute approximate surface area is 138 Å². The van der Waals surface area contributed by atoms with Crippen molar-refractivity contribution in [1.29, 1.82) is 0 Å². The standard InChI is InChI=1S/C19H27NO3/c1-3-23-18(21)13-17(20-2)19(22)16-11-9-15(10-12-16)14-7-5-4-6-8-14/h9-12,14,17,20H,3-8,13H2,1-2H3. The summed E-state index contributed by atoms with van der Waals surface area (Å²) in [5.74, 6) is 0.224. The Hall–Kier alpha value is -1.68. The molecule has 1 unspecified atom stereocenters. The molecular weight excluding hydrogens is 290 g/mol. The van der Waals surface area contributed by atoms with E-state index in [1.807, 2.05) is 12.1 Å². The van der Waals surface area contributed by atoms with Crippen LogP contribution in [0.5, 0.6) is 0 Å². The van der Waals surface area contributed by atoms with Gasteiger partial charge in [-0.1, -0.05) is 43.5 Å². The lowest BCUT2D eigenvalue weighted by Crippen LogP contribution is -2.36. The maximum Gasteiger partial charge on any atom is 0.307 e. The number of carbonyl (C=O) groups excluding carboxylic acids is 2. The molecule has 1 aliphatic rings. The largest absolute Gasteiger partial charge is 0.466 e. The second kappa shape index (κ2) is 8.82. The first-order valence-corrected chi connectivity index (χ1v) is 8.62. The fourth-order valence-electron chi connectivity index (χ4n) is 3.27. The Morgan fingerprint density at radius 3 is 2.39 bits per heavy atom. The highest BCUT2D eigenvalue weighted by molar-refractivity contribution is 6.01. The van der Waals surface area contributed by atoms with E-state index < -0.39 is 6.04 Å². The first-order valence-electron chi connectivity index (χ1n) is 8.62.